The fourth-order valence-corrected chi connectivity index (χ4v) is 2.21. The van der Waals surface area contributed by atoms with Crippen molar-refractivity contribution in [2.24, 2.45) is 11.8 Å². The van der Waals surface area contributed by atoms with Crippen LogP contribution in [-0.4, -0.2) is 25.5 Å². The lowest BCUT2D eigenvalue weighted by Crippen LogP contribution is -2.35. The number of rotatable bonds is 7. The van der Waals surface area contributed by atoms with Crippen LogP contribution in [0.1, 0.15) is 46.0 Å². The van der Waals surface area contributed by atoms with Crippen molar-refractivity contribution in [1.29, 1.82) is 0 Å². The monoisotopic (exact) mass is 226 g/mol. The Labute approximate surface area is 99.4 Å². The van der Waals surface area contributed by atoms with Gasteiger partial charge in [-0.3, -0.25) is 4.79 Å². The fraction of sp³-hybridized carbons (Fsp3) is 0.923. The molecule has 1 amide bonds. The van der Waals surface area contributed by atoms with Crippen LogP contribution >= 0.6 is 0 Å². The minimum atomic E-state index is 0.212. The van der Waals surface area contributed by atoms with E-state index in [0.717, 1.165) is 26.1 Å². The molecule has 16 heavy (non-hydrogen) atoms. The van der Waals surface area contributed by atoms with Crippen LogP contribution in [0, 0.1) is 11.8 Å². The van der Waals surface area contributed by atoms with Gasteiger partial charge in [-0.1, -0.05) is 33.1 Å². The van der Waals surface area contributed by atoms with Crippen molar-refractivity contribution in [3.8, 4) is 0 Å². The van der Waals surface area contributed by atoms with Gasteiger partial charge in [0, 0.05) is 13.1 Å². The molecular formula is C13H26N2O. The number of hydrogen-bond acceptors (Lipinski definition) is 2. The zero-order valence-corrected chi connectivity index (χ0v) is 10.7. The Hall–Kier alpha value is -0.570. The van der Waals surface area contributed by atoms with Crippen molar-refractivity contribution in [2.75, 3.05) is 19.6 Å². The molecule has 1 aliphatic rings. The van der Waals surface area contributed by atoms with Gasteiger partial charge in [0.15, 0.2) is 0 Å². The van der Waals surface area contributed by atoms with Gasteiger partial charge in [0.25, 0.3) is 0 Å². The van der Waals surface area contributed by atoms with Gasteiger partial charge in [-0.25, -0.2) is 0 Å². The molecule has 0 aromatic rings. The van der Waals surface area contributed by atoms with Gasteiger partial charge in [-0.2, -0.15) is 0 Å². The first kappa shape index (κ1) is 13.5. The van der Waals surface area contributed by atoms with E-state index in [-0.39, 0.29) is 11.8 Å². The first-order valence-electron chi connectivity index (χ1n) is 6.76. The molecule has 3 nitrogen and oxygen atoms in total. The van der Waals surface area contributed by atoms with Crippen LogP contribution in [0.2, 0.25) is 0 Å². The molecule has 3 heteroatoms. The number of amides is 1. The van der Waals surface area contributed by atoms with Crippen LogP contribution < -0.4 is 10.6 Å². The summed E-state index contributed by atoms with van der Waals surface area (Å²) in [6.45, 7) is 7.15. The number of carbonyl (C=O) groups excluding carboxylic acids is 1. The van der Waals surface area contributed by atoms with E-state index < -0.39 is 0 Å². The molecule has 2 N–H and O–H groups in total. The average molecular weight is 226 g/mol. The lowest BCUT2D eigenvalue weighted by atomic mass is 9.99. The first-order chi connectivity index (χ1) is 7.77. The highest BCUT2D eigenvalue weighted by Gasteiger charge is 2.22. The summed E-state index contributed by atoms with van der Waals surface area (Å²) in [6.07, 6.45) is 5.94. The molecule has 0 aromatic carbocycles. The Kier molecular flexibility index (Phi) is 6.46. The summed E-state index contributed by atoms with van der Waals surface area (Å²) in [4.78, 5) is 11.8. The summed E-state index contributed by atoms with van der Waals surface area (Å²) in [5.74, 6) is 1.13. The van der Waals surface area contributed by atoms with Crippen LogP contribution in [0.4, 0.5) is 0 Å². The minimum Gasteiger partial charge on any atom is -0.356 e. The summed E-state index contributed by atoms with van der Waals surface area (Å²) in [5, 5.41) is 6.33. The highest BCUT2D eigenvalue weighted by atomic mass is 16.1. The Morgan fingerprint density at radius 2 is 2.31 bits per heavy atom. The van der Waals surface area contributed by atoms with Crippen LogP contribution in [-0.2, 0) is 4.79 Å². The molecule has 1 saturated heterocycles. The van der Waals surface area contributed by atoms with E-state index in [1.165, 1.54) is 25.7 Å². The van der Waals surface area contributed by atoms with Gasteiger partial charge < -0.3 is 10.6 Å². The van der Waals surface area contributed by atoms with Crippen LogP contribution in [0.5, 0.6) is 0 Å². The molecule has 0 aromatic heterocycles. The van der Waals surface area contributed by atoms with Gasteiger partial charge in [0.1, 0.15) is 0 Å². The molecule has 1 rings (SSSR count). The second-order valence-electron chi connectivity index (χ2n) is 4.85. The van der Waals surface area contributed by atoms with Gasteiger partial charge >= 0.3 is 0 Å². The molecule has 1 fully saturated rings. The Morgan fingerprint density at radius 3 is 2.88 bits per heavy atom. The number of carbonyl (C=O) groups is 1. The third kappa shape index (κ3) is 4.52. The molecular weight excluding hydrogens is 200 g/mol. The summed E-state index contributed by atoms with van der Waals surface area (Å²) >= 11 is 0. The summed E-state index contributed by atoms with van der Waals surface area (Å²) in [6, 6.07) is 0. The molecule has 0 spiro atoms. The van der Waals surface area contributed by atoms with Gasteiger partial charge in [-0.15, -0.1) is 0 Å². The second kappa shape index (κ2) is 7.66. The third-order valence-corrected chi connectivity index (χ3v) is 3.54. The summed E-state index contributed by atoms with van der Waals surface area (Å²) < 4.78 is 0. The predicted octanol–water partition coefficient (Wildman–Crippen LogP) is 1.93. The van der Waals surface area contributed by atoms with Crippen molar-refractivity contribution in [1.82, 2.24) is 10.6 Å². The largest absolute Gasteiger partial charge is 0.356 e. The van der Waals surface area contributed by atoms with Crippen molar-refractivity contribution < 1.29 is 4.79 Å². The van der Waals surface area contributed by atoms with E-state index in [0.29, 0.717) is 5.92 Å². The van der Waals surface area contributed by atoms with E-state index in [1.54, 1.807) is 0 Å². The Bertz CT molecular complexity index is 200. The first-order valence-corrected chi connectivity index (χ1v) is 6.76. The maximum Gasteiger partial charge on any atom is 0.224 e. The maximum atomic E-state index is 11.8. The van der Waals surface area contributed by atoms with E-state index >= 15 is 0 Å². The molecule has 0 bridgehead atoms. The average Bonchev–Trinajstić information content (AvgIpc) is 2.82. The molecule has 0 saturated carbocycles. The zero-order valence-electron chi connectivity index (χ0n) is 10.7. The lowest BCUT2D eigenvalue weighted by Gasteiger charge is -2.17. The molecule has 2 atom stereocenters. The zero-order chi connectivity index (χ0) is 11.8. The van der Waals surface area contributed by atoms with Gasteiger partial charge in [-0.05, 0) is 25.3 Å². The van der Waals surface area contributed by atoms with Crippen LogP contribution in [0.3, 0.4) is 0 Å². The van der Waals surface area contributed by atoms with Gasteiger partial charge in [0.2, 0.25) is 5.91 Å². The van der Waals surface area contributed by atoms with Gasteiger partial charge in [0.05, 0.1) is 5.92 Å². The van der Waals surface area contributed by atoms with E-state index in [9.17, 15) is 4.79 Å². The van der Waals surface area contributed by atoms with Crippen LogP contribution in [0.25, 0.3) is 0 Å². The number of unbranched alkanes of at least 4 members (excludes halogenated alkanes) is 1. The van der Waals surface area contributed by atoms with Crippen LogP contribution in [0.15, 0.2) is 0 Å². The van der Waals surface area contributed by atoms with Crippen molar-refractivity contribution in [3.05, 3.63) is 0 Å². The quantitative estimate of drug-likeness (QED) is 0.696. The maximum absolute atomic E-state index is 11.8. The van der Waals surface area contributed by atoms with Crippen molar-refractivity contribution in [3.63, 3.8) is 0 Å². The fourth-order valence-electron chi connectivity index (χ4n) is 2.21. The topological polar surface area (TPSA) is 41.1 Å². The highest BCUT2D eigenvalue weighted by Crippen LogP contribution is 2.12. The lowest BCUT2D eigenvalue weighted by molar-refractivity contribution is -0.124. The summed E-state index contributed by atoms with van der Waals surface area (Å²) in [5.41, 5.74) is 0. The molecule has 2 unspecified atom stereocenters. The van der Waals surface area contributed by atoms with Crippen molar-refractivity contribution in [2.45, 2.75) is 46.0 Å². The number of hydrogen-bond donors (Lipinski definition) is 2. The van der Waals surface area contributed by atoms with E-state index in [4.69, 9.17) is 0 Å². The summed E-state index contributed by atoms with van der Waals surface area (Å²) in [7, 11) is 0. The molecule has 94 valence electrons. The molecule has 0 aliphatic carbocycles. The molecule has 0 radical (unpaired) electrons. The van der Waals surface area contributed by atoms with E-state index in [2.05, 4.69) is 24.5 Å². The molecule has 1 heterocycles. The minimum absolute atomic E-state index is 0.212. The standard InChI is InChI=1S/C13H26N2O/c1-3-5-6-11(4-2)9-15-13(16)12-7-8-14-10-12/h11-12,14H,3-10H2,1-2H3,(H,15,16). The Morgan fingerprint density at radius 1 is 1.50 bits per heavy atom. The van der Waals surface area contributed by atoms with Crippen molar-refractivity contribution >= 4 is 5.91 Å². The SMILES string of the molecule is CCCCC(CC)CNC(=O)C1CCNC1. The Balaban J connectivity index is 2.17. The molecule has 1 aliphatic heterocycles. The normalized spacial score (nSPS) is 22.0. The second-order valence-corrected chi connectivity index (χ2v) is 4.85. The third-order valence-electron chi connectivity index (χ3n) is 3.54. The smallest absolute Gasteiger partial charge is 0.224 e. The van der Waals surface area contributed by atoms with E-state index in [1.807, 2.05) is 0 Å². The predicted molar refractivity (Wildman–Crippen MR) is 67.3 cm³/mol. The number of nitrogens with one attached hydrogen (secondary N) is 2. The highest BCUT2D eigenvalue weighted by molar-refractivity contribution is 5.79.